The fraction of sp³-hybridized carbons (Fsp3) is 0.533. The second kappa shape index (κ2) is 6.66. The molecule has 1 aliphatic rings. The van der Waals surface area contributed by atoms with Crippen molar-refractivity contribution in [3.05, 3.63) is 23.5 Å². The van der Waals surface area contributed by atoms with Gasteiger partial charge in [-0.1, -0.05) is 0 Å². The van der Waals surface area contributed by atoms with Gasteiger partial charge in [0.15, 0.2) is 11.6 Å². The summed E-state index contributed by atoms with van der Waals surface area (Å²) in [6, 6.07) is 2.49. The molecule has 1 aromatic carbocycles. The summed E-state index contributed by atoms with van der Waals surface area (Å²) in [5.74, 6) is -5.88. The van der Waals surface area contributed by atoms with E-state index in [1.165, 1.54) is 25.2 Å². The Morgan fingerprint density at radius 1 is 1.35 bits per heavy atom. The summed E-state index contributed by atoms with van der Waals surface area (Å²) in [7, 11) is 2.68. The van der Waals surface area contributed by atoms with Crippen LogP contribution in [-0.2, 0) is 11.3 Å². The number of hydrogen-bond donors (Lipinski definition) is 1. The molecule has 128 valence electrons. The minimum absolute atomic E-state index is 0.0158. The molecule has 0 radical (unpaired) electrons. The van der Waals surface area contributed by atoms with Crippen LogP contribution in [0.25, 0.3) is 0 Å². The number of carbonyl (C=O) groups is 1. The molecule has 0 aliphatic carbocycles. The summed E-state index contributed by atoms with van der Waals surface area (Å²) in [4.78, 5) is 12.3. The van der Waals surface area contributed by atoms with Crippen LogP contribution >= 0.6 is 0 Å². The number of rotatable bonds is 5. The molecular formula is C15H18F3NO4. The summed E-state index contributed by atoms with van der Waals surface area (Å²) in [5.41, 5.74) is 0.354. The molecule has 2 rings (SSSR count). The maximum absolute atomic E-state index is 13.8. The van der Waals surface area contributed by atoms with Gasteiger partial charge in [-0.2, -0.15) is 0 Å². The van der Waals surface area contributed by atoms with Crippen molar-refractivity contribution in [3.8, 4) is 11.5 Å². The number of likely N-dealkylation sites (tertiary alicyclic amines) is 1. The Morgan fingerprint density at radius 3 is 2.57 bits per heavy atom. The molecule has 1 saturated heterocycles. The minimum Gasteiger partial charge on any atom is -0.496 e. The zero-order chi connectivity index (χ0) is 17.2. The normalized spacial score (nSPS) is 21.0. The van der Waals surface area contributed by atoms with E-state index in [1.54, 1.807) is 0 Å². The third-order valence-electron chi connectivity index (χ3n) is 3.78. The fourth-order valence-corrected chi connectivity index (χ4v) is 2.77. The van der Waals surface area contributed by atoms with Crippen molar-refractivity contribution in [1.82, 2.24) is 4.90 Å². The number of ether oxygens (including phenoxy) is 2. The van der Waals surface area contributed by atoms with Crippen LogP contribution in [-0.4, -0.2) is 49.2 Å². The van der Waals surface area contributed by atoms with E-state index < -0.39 is 36.6 Å². The predicted octanol–water partition coefficient (Wildman–Crippen LogP) is 2.38. The highest BCUT2D eigenvalue weighted by molar-refractivity contribution is 5.70. The van der Waals surface area contributed by atoms with Crippen LogP contribution in [0.3, 0.4) is 0 Å². The minimum atomic E-state index is -3.10. The average molecular weight is 333 g/mol. The van der Waals surface area contributed by atoms with Crippen molar-refractivity contribution < 1.29 is 32.5 Å². The predicted molar refractivity (Wildman–Crippen MR) is 75.5 cm³/mol. The summed E-state index contributed by atoms with van der Waals surface area (Å²) >= 11 is 0. The van der Waals surface area contributed by atoms with Crippen LogP contribution in [0, 0.1) is 11.7 Å². The van der Waals surface area contributed by atoms with Crippen molar-refractivity contribution in [2.24, 2.45) is 5.92 Å². The van der Waals surface area contributed by atoms with Crippen LogP contribution in [0.1, 0.15) is 12.0 Å². The standard InChI is InChI=1S/C15H18F3NO4/c1-22-12-4-13(23-2)11(16)3-9(12)6-19-7-10(14(20)21)5-15(17,18)8-19/h3-4,10H,5-8H2,1-2H3,(H,20,21). The Morgan fingerprint density at radius 2 is 2.00 bits per heavy atom. The molecule has 0 saturated carbocycles. The molecule has 1 atom stereocenters. The number of piperidine rings is 1. The lowest BCUT2D eigenvalue weighted by Crippen LogP contribution is -2.48. The number of alkyl halides is 2. The van der Waals surface area contributed by atoms with E-state index in [4.69, 9.17) is 14.6 Å². The maximum atomic E-state index is 13.8. The first-order valence-electron chi connectivity index (χ1n) is 6.99. The van der Waals surface area contributed by atoms with E-state index in [0.717, 1.165) is 6.07 Å². The van der Waals surface area contributed by atoms with Gasteiger partial charge in [0.2, 0.25) is 0 Å². The van der Waals surface area contributed by atoms with Gasteiger partial charge in [0.05, 0.1) is 26.7 Å². The Kier molecular flexibility index (Phi) is 5.03. The molecule has 5 nitrogen and oxygen atoms in total. The first-order chi connectivity index (χ1) is 10.8. The van der Waals surface area contributed by atoms with Crippen molar-refractivity contribution in [2.45, 2.75) is 18.9 Å². The van der Waals surface area contributed by atoms with Gasteiger partial charge in [-0.3, -0.25) is 9.69 Å². The zero-order valence-corrected chi connectivity index (χ0v) is 12.8. The number of methoxy groups -OCH3 is 2. The smallest absolute Gasteiger partial charge is 0.308 e. The zero-order valence-electron chi connectivity index (χ0n) is 12.8. The van der Waals surface area contributed by atoms with Gasteiger partial charge in [0.25, 0.3) is 5.92 Å². The molecule has 1 aliphatic heterocycles. The number of aliphatic carboxylic acids is 1. The monoisotopic (exact) mass is 333 g/mol. The Balaban J connectivity index is 2.23. The summed E-state index contributed by atoms with van der Waals surface area (Å²) in [6.45, 7) is -0.640. The molecule has 1 heterocycles. The van der Waals surface area contributed by atoms with Gasteiger partial charge in [0.1, 0.15) is 5.75 Å². The van der Waals surface area contributed by atoms with Crippen molar-refractivity contribution in [2.75, 3.05) is 27.3 Å². The molecule has 1 N–H and O–H groups in total. The highest BCUT2D eigenvalue weighted by Crippen LogP contribution is 2.34. The van der Waals surface area contributed by atoms with Gasteiger partial charge in [-0.15, -0.1) is 0 Å². The molecule has 0 amide bonds. The lowest BCUT2D eigenvalue weighted by Gasteiger charge is -2.36. The SMILES string of the molecule is COc1cc(OC)c(CN2CC(C(=O)O)CC(F)(F)C2)cc1F. The summed E-state index contributed by atoms with van der Waals surface area (Å²) in [5, 5.41) is 9.01. The van der Waals surface area contributed by atoms with E-state index in [2.05, 4.69) is 0 Å². The Bertz CT molecular complexity index is 594. The molecule has 1 fully saturated rings. The van der Waals surface area contributed by atoms with E-state index in [9.17, 15) is 18.0 Å². The Labute approximate surface area is 131 Å². The van der Waals surface area contributed by atoms with Crippen molar-refractivity contribution >= 4 is 5.97 Å². The van der Waals surface area contributed by atoms with Gasteiger partial charge in [-0.05, 0) is 6.07 Å². The number of nitrogens with zero attached hydrogens (tertiary/aromatic N) is 1. The molecule has 8 heteroatoms. The van der Waals surface area contributed by atoms with Crippen LogP contribution in [0.4, 0.5) is 13.2 Å². The molecular weight excluding hydrogens is 315 g/mol. The van der Waals surface area contributed by atoms with Crippen LogP contribution in [0.15, 0.2) is 12.1 Å². The van der Waals surface area contributed by atoms with E-state index >= 15 is 0 Å². The number of benzene rings is 1. The van der Waals surface area contributed by atoms with E-state index in [-0.39, 0.29) is 18.8 Å². The number of carboxylic acid groups (broad SMARTS) is 1. The number of halogens is 3. The highest BCUT2D eigenvalue weighted by Gasteiger charge is 2.43. The largest absolute Gasteiger partial charge is 0.496 e. The lowest BCUT2D eigenvalue weighted by atomic mass is 9.95. The molecule has 23 heavy (non-hydrogen) atoms. The molecule has 0 bridgehead atoms. The Hall–Kier alpha value is -1.96. The van der Waals surface area contributed by atoms with Gasteiger partial charge in [0, 0.05) is 31.1 Å². The molecule has 0 aromatic heterocycles. The van der Waals surface area contributed by atoms with Crippen molar-refractivity contribution in [3.63, 3.8) is 0 Å². The van der Waals surface area contributed by atoms with Crippen LogP contribution < -0.4 is 9.47 Å². The van der Waals surface area contributed by atoms with Crippen LogP contribution in [0.2, 0.25) is 0 Å². The second-order valence-electron chi connectivity index (χ2n) is 5.56. The van der Waals surface area contributed by atoms with Gasteiger partial charge < -0.3 is 14.6 Å². The van der Waals surface area contributed by atoms with Gasteiger partial charge >= 0.3 is 5.97 Å². The van der Waals surface area contributed by atoms with E-state index in [1.807, 2.05) is 0 Å². The highest BCUT2D eigenvalue weighted by atomic mass is 19.3. The third-order valence-corrected chi connectivity index (χ3v) is 3.78. The first kappa shape index (κ1) is 17.4. The molecule has 1 unspecified atom stereocenters. The maximum Gasteiger partial charge on any atom is 0.308 e. The topological polar surface area (TPSA) is 59.0 Å². The number of carboxylic acids is 1. The quantitative estimate of drug-likeness (QED) is 0.897. The van der Waals surface area contributed by atoms with Crippen molar-refractivity contribution in [1.29, 1.82) is 0 Å². The molecule has 1 aromatic rings. The van der Waals surface area contributed by atoms with Crippen LogP contribution in [0.5, 0.6) is 11.5 Å². The third kappa shape index (κ3) is 4.07. The fourth-order valence-electron chi connectivity index (χ4n) is 2.77. The second-order valence-corrected chi connectivity index (χ2v) is 5.56. The van der Waals surface area contributed by atoms with Gasteiger partial charge in [-0.25, -0.2) is 13.2 Å². The first-order valence-corrected chi connectivity index (χ1v) is 6.99. The summed E-state index contributed by atoms with van der Waals surface area (Å²) < 4.78 is 51.3. The summed E-state index contributed by atoms with van der Waals surface area (Å²) in [6.07, 6.45) is -0.688. The molecule has 0 spiro atoms. The average Bonchev–Trinajstić information content (AvgIpc) is 2.45. The lowest BCUT2D eigenvalue weighted by molar-refractivity contribution is -0.153. The number of hydrogen-bond acceptors (Lipinski definition) is 4. The van der Waals surface area contributed by atoms with E-state index in [0.29, 0.717) is 11.3 Å².